The molecule has 1 amide bonds. The van der Waals surface area contributed by atoms with Gasteiger partial charge in [-0.05, 0) is 50.1 Å². The summed E-state index contributed by atoms with van der Waals surface area (Å²) in [5.41, 5.74) is 2.61. The van der Waals surface area contributed by atoms with E-state index in [1.165, 1.54) is 5.69 Å². The maximum atomic E-state index is 12.6. The lowest BCUT2D eigenvalue weighted by molar-refractivity contribution is 0.0691. The fourth-order valence-corrected chi connectivity index (χ4v) is 3.84. The number of rotatable bonds is 4. The monoisotopic (exact) mass is 394 g/mol. The average Bonchev–Trinajstić information content (AvgIpc) is 2.76. The highest BCUT2D eigenvalue weighted by atomic mass is 16.2. The van der Waals surface area contributed by atoms with Gasteiger partial charge in [-0.3, -0.25) is 4.79 Å². The van der Waals surface area contributed by atoms with Gasteiger partial charge in [0.1, 0.15) is 11.5 Å². The zero-order chi connectivity index (χ0) is 20.2. The number of hydrogen-bond acceptors (Lipinski definition) is 6. The molecule has 0 bridgehead atoms. The maximum Gasteiger partial charge on any atom is 0.274 e. The first-order valence-corrected chi connectivity index (χ1v) is 10.5. The Kier molecular flexibility index (Phi) is 5.94. The molecule has 2 aromatic rings. The number of piperazine rings is 1. The smallest absolute Gasteiger partial charge is 0.274 e. The van der Waals surface area contributed by atoms with E-state index < -0.39 is 0 Å². The predicted octanol–water partition coefficient (Wildman–Crippen LogP) is 2.84. The highest BCUT2D eigenvalue weighted by Gasteiger charge is 2.22. The van der Waals surface area contributed by atoms with Crippen LogP contribution in [0.3, 0.4) is 0 Å². The summed E-state index contributed by atoms with van der Waals surface area (Å²) >= 11 is 0. The van der Waals surface area contributed by atoms with Gasteiger partial charge in [-0.1, -0.05) is 6.92 Å². The number of benzene rings is 1. The van der Waals surface area contributed by atoms with Gasteiger partial charge in [-0.25, -0.2) is 9.97 Å². The van der Waals surface area contributed by atoms with Crippen LogP contribution in [0.25, 0.3) is 0 Å². The van der Waals surface area contributed by atoms with E-state index >= 15 is 0 Å². The third-order valence-electron chi connectivity index (χ3n) is 5.95. The van der Waals surface area contributed by atoms with Crippen molar-refractivity contribution < 1.29 is 4.79 Å². The zero-order valence-corrected chi connectivity index (χ0v) is 17.3. The van der Waals surface area contributed by atoms with E-state index in [9.17, 15) is 4.79 Å². The molecule has 2 fully saturated rings. The van der Waals surface area contributed by atoms with Gasteiger partial charge in [0.05, 0.1) is 12.4 Å². The molecule has 7 heteroatoms. The number of anilines is 3. The number of amides is 1. The van der Waals surface area contributed by atoms with Gasteiger partial charge < -0.3 is 20.0 Å². The third kappa shape index (κ3) is 4.85. The number of carbonyl (C=O) groups excluding carboxylic acids is 1. The number of aromatic nitrogens is 2. The molecule has 0 radical (unpaired) electrons. The molecule has 7 nitrogen and oxygen atoms in total. The normalized spacial score (nSPS) is 18.7. The standard InChI is InChI=1S/C22H30N6O/c1-17-7-9-28(10-8-17)22(29)20-15-24-21(16-23-20)25-18-3-5-19(6-4-18)27-13-11-26(2)12-14-27/h3-6,15-17H,7-14H2,1-2H3,(H,24,25). The van der Waals surface area contributed by atoms with Crippen molar-refractivity contribution in [1.82, 2.24) is 19.8 Å². The Bertz CT molecular complexity index is 806. The first-order valence-electron chi connectivity index (χ1n) is 10.5. The van der Waals surface area contributed by atoms with E-state index in [1.54, 1.807) is 12.4 Å². The SMILES string of the molecule is CC1CCN(C(=O)c2cnc(Nc3ccc(N4CCN(C)CC4)cc3)cn2)CC1. The van der Waals surface area contributed by atoms with Crippen molar-refractivity contribution in [3.05, 3.63) is 42.4 Å². The van der Waals surface area contributed by atoms with Crippen molar-refractivity contribution in [3.63, 3.8) is 0 Å². The van der Waals surface area contributed by atoms with Crippen LogP contribution in [-0.2, 0) is 0 Å². The van der Waals surface area contributed by atoms with E-state index in [1.807, 2.05) is 4.90 Å². The number of nitrogens with zero attached hydrogens (tertiary/aromatic N) is 5. The minimum absolute atomic E-state index is 0.0209. The summed E-state index contributed by atoms with van der Waals surface area (Å²) in [4.78, 5) is 27.9. The highest BCUT2D eigenvalue weighted by molar-refractivity contribution is 5.92. The highest BCUT2D eigenvalue weighted by Crippen LogP contribution is 2.22. The lowest BCUT2D eigenvalue weighted by Gasteiger charge is -2.34. The van der Waals surface area contributed by atoms with Gasteiger partial charge >= 0.3 is 0 Å². The first kappa shape index (κ1) is 19.6. The van der Waals surface area contributed by atoms with Gasteiger partial charge in [0.15, 0.2) is 0 Å². The Labute approximate surface area is 172 Å². The molecule has 29 heavy (non-hydrogen) atoms. The van der Waals surface area contributed by atoms with Gasteiger partial charge in [-0.15, -0.1) is 0 Å². The molecule has 154 valence electrons. The molecule has 1 N–H and O–H groups in total. The summed E-state index contributed by atoms with van der Waals surface area (Å²) in [6.07, 6.45) is 5.32. The summed E-state index contributed by atoms with van der Waals surface area (Å²) in [6.45, 7) is 8.15. The van der Waals surface area contributed by atoms with E-state index in [0.717, 1.165) is 57.8 Å². The van der Waals surface area contributed by atoms with Gasteiger partial charge in [0.25, 0.3) is 5.91 Å². The Morgan fingerprint density at radius 2 is 1.66 bits per heavy atom. The summed E-state index contributed by atoms with van der Waals surface area (Å²) in [7, 11) is 2.16. The summed E-state index contributed by atoms with van der Waals surface area (Å²) in [5.74, 6) is 1.31. The molecule has 2 aliphatic heterocycles. The third-order valence-corrected chi connectivity index (χ3v) is 5.95. The molecular weight excluding hydrogens is 364 g/mol. The molecule has 1 aromatic carbocycles. The van der Waals surface area contributed by atoms with Crippen LogP contribution < -0.4 is 10.2 Å². The molecule has 1 aromatic heterocycles. The molecule has 0 saturated carbocycles. The molecule has 0 atom stereocenters. The summed E-state index contributed by atoms with van der Waals surface area (Å²) in [6, 6.07) is 8.39. The molecule has 0 unspecified atom stereocenters. The number of likely N-dealkylation sites (N-methyl/N-ethyl adjacent to an activating group) is 1. The van der Waals surface area contributed by atoms with Crippen molar-refractivity contribution in [2.75, 3.05) is 56.5 Å². The van der Waals surface area contributed by atoms with Crippen LogP contribution in [0.2, 0.25) is 0 Å². The fourth-order valence-electron chi connectivity index (χ4n) is 3.84. The fraction of sp³-hybridized carbons (Fsp3) is 0.500. The van der Waals surface area contributed by atoms with Crippen molar-refractivity contribution in [2.24, 2.45) is 5.92 Å². The maximum absolute atomic E-state index is 12.6. The van der Waals surface area contributed by atoms with Crippen LogP contribution >= 0.6 is 0 Å². The number of piperidine rings is 1. The number of nitrogens with one attached hydrogen (secondary N) is 1. The number of carbonyl (C=O) groups is 1. The van der Waals surface area contributed by atoms with Crippen molar-refractivity contribution in [2.45, 2.75) is 19.8 Å². The van der Waals surface area contributed by atoms with E-state index in [2.05, 4.69) is 63.3 Å². The van der Waals surface area contributed by atoms with E-state index in [0.29, 0.717) is 17.4 Å². The van der Waals surface area contributed by atoms with Crippen molar-refractivity contribution in [3.8, 4) is 0 Å². The second-order valence-electron chi connectivity index (χ2n) is 8.22. The average molecular weight is 395 g/mol. The quantitative estimate of drug-likeness (QED) is 0.860. The van der Waals surface area contributed by atoms with Crippen molar-refractivity contribution in [1.29, 1.82) is 0 Å². The van der Waals surface area contributed by atoms with Crippen LogP contribution in [0, 0.1) is 5.92 Å². The van der Waals surface area contributed by atoms with Crippen molar-refractivity contribution >= 4 is 23.1 Å². The van der Waals surface area contributed by atoms with Crippen LogP contribution in [0.15, 0.2) is 36.7 Å². The van der Waals surface area contributed by atoms with Gasteiger partial charge in [0.2, 0.25) is 0 Å². The van der Waals surface area contributed by atoms with Crippen LogP contribution in [0.4, 0.5) is 17.2 Å². The van der Waals surface area contributed by atoms with Gasteiger partial charge in [0, 0.05) is 50.6 Å². The molecular formula is C22H30N6O. The van der Waals surface area contributed by atoms with Crippen LogP contribution in [-0.4, -0.2) is 72.0 Å². The first-order chi connectivity index (χ1) is 14.1. The number of likely N-dealkylation sites (tertiary alicyclic amines) is 1. The molecule has 3 heterocycles. The Morgan fingerprint density at radius 1 is 0.966 bits per heavy atom. The topological polar surface area (TPSA) is 64.6 Å². The van der Waals surface area contributed by atoms with Crippen LogP contribution in [0.5, 0.6) is 0 Å². The second-order valence-corrected chi connectivity index (χ2v) is 8.22. The van der Waals surface area contributed by atoms with E-state index in [-0.39, 0.29) is 5.91 Å². The Morgan fingerprint density at radius 3 is 2.28 bits per heavy atom. The molecule has 0 spiro atoms. The Hall–Kier alpha value is -2.67. The summed E-state index contributed by atoms with van der Waals surface area (Å²) < 4.78 is 0. The molecule has 0 aliphatic carbocycles. The number of hydrogen-bond donors (Lipinski definition) is 1. The summed E-state index contributed by atoms with van der Waals surface area (Å²) in [5, 5.41) is 3.27. The molecule has 2 saturated heterocycles. The zero-order valence-electron chi connectivity index (χ0n) is 17.3. The lowest BCUT2D eigenvalue weighted by Crippen LogP contribution is -2.44. The van der Waals surface area contributed by atoms with Gasteiger partial charge in [-0.2, -0.15) is 0 Å². The lowest BCUT2D eigenvalue weighted by atomic mass is 9.99. The largest absolute Gasteiger partial charge is 0.369 e. The predicted molar refractivity (Wildman–Crippen MR) is 116 cm³/mol. The Balaban J connectivity index is 1.34. The molecule has 4 rings (SSSR count). The van der Waals surface area contributed by atoms with Crippen LogP contribution in [0.1, 0.15) is 30.3 Å². The van der Waals surface area contributed by atoms with E-state index in [4.69, 9.17) is 0 Å². The minimum atomic E-state index is -0.0209. The molecule has 2 aliphatic rings. The second kappa shape index (κ2) is 8.78. The minimum Gasteiger partial charge on any atom is -0.369 e.